The number of aromatic nitrogens is 3. The summed E-state index contributed by atoms with van der Waals surface area (Å²) in [7, 11) is 0. The number of esters is 1. The first-order valence-corrected chi connectivity index (χ1v) is 11.0. The van der Waals surface area contributed by atoms with Crippen LogP contribution >= 0.6 is 0 Å². The van der Waals surface area contributed by atoms with E-state index in [-0.39, 0.29) is 12.2 Å². The van der Waals surface area contributed by atoms with Gasteiger partial charge >= 0.3 is 5.97 Å². The zero-order valence-electron chi connectivity index (χ0n) is 18.1. The van der Waals surface area contributed by atoms with Crippen molar-refractivity contribution in [3.63, 3.8) is 0 Å². The number of nitrogens with zero attached hydrogens (tertiary/aromatic N) is 3. The molecule has 7 heteroatoms. The van der Waals surface area contributed by atoms with Crippen LogP contribution in [0.2, 0.25) is 0 Å². The number of rotatable bonds is 4. The van der Waals surface area contributed by atoms with Gasteiger partial charge in [-0.2, -0.15) is 0 Å². The second kappa shape index (κ2) is 8.12. The molecule has 0 bridgehead atoms. The predicted octanol–water partition coefficient (Wildman–Crippen LogP) is 4.68. The summed E-state index contributed by atoms with van der Waals surface area (Å²) < 4.78 is 12.6. The van der Waals surface area contributed by atoms with Gasteiger partial charge in [0.05, 0.1) is 28.7 Å². The van der Waals surface area contributed by atoms with Gasteiger partial charge in [-0.1, -0.05) is 24.3 Å². The van der Waals surface area contributed by atoms with Gasteiger partial charge in [0.15, 0.2) is 0 Å². The molecule has 1 aliphatic carbocycles. The van der Waals surface area contributed by atoms with Crippen LogP contribution < -0.4 is 5.56 Å². The van der Waals surface area contributed by atoms with Crippen molar-refractivity contribution < 1.29 is 13.9 Å². The maximum absolute atomic E-state index is 13.4. The van der Waals surface area contributed by atoms with Crippen LogP contribution in [0.5, 0.6) is 0 Å². The summed E-state index contributed by atoms with van der Waals surface area (Å²) in [6.45, 7) is -0.0972. The molecule has 1 aromatic carbocycles. The molecular formula is C27H19N3O4. The monoisotopic (exact) mass is 449 g/mol. The van der Waals surface area contributed by atoms with Gasteiger partial charge in [0.2, 0.25) is 0 Å². The summed E-state index contributed by atoms with van der Waals surface area (Å²) in [5, 5.41) is 0.747. The number of pyridine rings is 2. The summed E-state index contributed by atoms with van der Waals surface area (Å²) in [6, 6.07) is 18.0. The lowest BCUT2D eigenvalue weighted by Crippen LogP contribution is -2.17. The minimum atomic E-state index is -0.454. The molecular weight excluding hydrogens is 430 g/mol. The van der Waals surface area contributed by atoms with Crippen LogP contribution in [0.3, 0.4) is 0 Å². The molecule has 0 amide bonds. The Balaban J connectivity index is 1.38. The molecule has 0 spiro atoms. The molecule has 0 aliphatic heterocycles. The van der Waals surface area contributed by atoms with Gasteiger partial charge in [0.25, 0.3) is 5.56 Å². The fourth-order valence-electron chi connectivity index (χ4n) is 4.45. The molecule has 4 aromatic heterocycles. The highest BCUT2D eigenvalue weighted by atomic mass is 16.5. The van der Waals surface area contributed by atoms with Crippen LogP contribution in [0.4, 0.5) is 0 Å². The summed E-state index contributed by atoms with van der Waals surface area (Å²) >= 11 is 0. The van der Waals surface area contributed by atoms with Gasteiger partial charge in [-0.15, -0.1) is 0 Å². The van der Waals surface area contributed by atoms with Gasteiger partial charge in [-0.25, -0.2) is 14.8 Å². The summed E-state index contributed by atoms with van der Waals surface area (Å²) in [4.78, 5) is 35.0. The lowest BCUT2D eigenvalue weighted by atomic mass is 10.0. The average Bonchev–Trinajstić information content (AvgIpc) is 3.51. The Labute approximate surface area is 194 Å². The largest absolute Gasteiger partial charge is 0.465 e. The SMILES string of the molecule is O=C(OCc1cc(=O)n2ccccc2n1)c1c2c(nc3ccccc13)/C(=C/c1ccco1)CC2. The van der Waals surface area contributed by atoms with E-state index in [1.165, 1.54) is 10.5 Å². The van der Waals surface area contributed by atoms with Crippen molar-refractivity contribution in [2.45, 2.75) is 19.4 Å². The minimum absolute atomic E-state index is 0.0972. The molecule has 6 rings (SSSR count). The van der Waals surface area contributed by atoms with Crippen LogP contribution in [0.25, 0.3) is 28.2 Å². The van der Waals surface area contributed by atoms with E-state index in [0.717, 1.165) is 39.9 Å². The van der Waals surface area contributed by atoms with E-state index in [0.29, 0.717) is 23.3 Å². The predicted molar refractivity (Wildman–Crippen MR) is 127 cm³/mol. The first-order valence-electron chi connectivity index (χ1n) is 11.0. The number of para-hydroxylation sites is 1. The minimum Gasteiger partial charge on any atom is -0.465 e. The normalized spacial score (nSPS) is 14.1. The molecule has 1 aliphatic rings. The number of furan rings is 1. The van der Waals surface area contributed by atoms with Crippen molar-refractivity contribution in [1.82, 2.24) is 14.4 Å². The summed E-state index contributed by atoms with van der Waals surface area (Å²) in [5.41, 5.74) is 4.61. The zero-order valence-corrected chi connectivity index (χ0v) is 18.1. The molecule has 166 valence electrons. The zero-order chi connectivity index (χ0) is 23.1. The number of carbonyl (C=O) groups is 1. The number of hydrogen-bond donors (Lipinski definition) is 0. The Bertz CT molecular complexity index is 1650. The van der Waals surface area contributed by atoms with Crippen molar-refractivity contribution in [2.75, 3.05) is 0 Å². The third-order valence-electron chi connectivity index (χ3n) is 5.98. The van der Waals surface area contributed by atoms with Crippen LogP contribution in [-0.2, 0) is 17.8 Å². The number of hydrogen-bond acceptors (Lipinski definition) is 6. The molecule has 5 aromatic rings. The van der Waals surface area contributed by atoms with Crippen LogP contribution in [0.15, 0.2) is 82.3 Å². The van der Waals surface area contributed by atoms with E-state index in [4.69, 9.17) is 14.1 Å². The Hall–Kier alpha value is -4.52. The Kier molecular flexibility index (Phi) is 4.80. The number of fused-ring (bicyclic) bond motifs is 3. The van der Waals surface area contributed by atoms with E-state index in [1.54, 1.807) is 30.7 Å². The smallest absolute Gasteiger partial charge is 0.339 e. The van der Waals surface area contributed by atoms with Crippen LogP contribution in [-0.4, -0.2) is 20.3 Å². The molecule has 0 saturated carbocycles. The fraction of sp³-hybridized carbons (Fsp3) is 0.111. The van der Waals surface area contributed by atoms with Crippen molar-refractivity contribution in [2.24, 2.45) is 0 Å². The van der Waals surface area contributed by atoms with E-state index in [1.807, 2.05) is 42.5 Å². The van der Waals surface area contributed by atoms with Crippen LogP contribution in [0.1, 0.15) is 39.5 Å². The third-order valence-corrected chi connectivity index (χ3v) is 5.98. The maximum atomic E-state index is 13.4. The Morgan fingerprint density at radius 2 is 1.94 bits per heavy atom. The number of carbonyl (C=O) groups excluding carboxylic acids is 1. The van der Waals surface area contributed by atoms with E-state index >= 15 is 0 Å². The topological polar surface area (TPSA) is 86.7 Å². The maximum Gasteiger partial charge on any atom is 0.339 e. The van der Waals surface area contributed by atoms with E-state index in [2.05, 4.69) is 4.98 Å². The first kappa shape index (κ1) is 20.1. The molecule has 0 N–H and O–H groups in total. The second-order valence-corrected chi connectivity index (χ2v) is 8.11. The Morgan fingerprint density at radius 1 is 1.06 bits per heavy atom. The highest BCUT2D eigenvalue weighted by Gasteiger charge is 2.28. The highest BCUT2D eigenvalue weighted by Crippen LogP contribution is 2.37. The third kappa shape index (κ3) is 3.47. The molecule has 0 atom stereocenters. The lowest BCUT2D eigenvalue weighted by molar-refractivity contribution is 0.0469. The molecule has 0 unspecified atom stereocenters. The highest BCUT2D eigenvalue weighted by molar-refractivity contribution is 6.07. The molecule has 0 saturated heterocycles. The van der Waals surface area contributed by atoms with Crippen molar-refractivity contribution in [3.05, 3.63) is 112 Å². The van der Waals surface area contributed by atoms with Crippen molar-refractivity contribution >= 4 is 34.2 Å². The van der Waals surface area contributed by atoms with Gasteiger partial charge in [0.1, 0.15) is 18.0 Å². The molecule has 0 fully saturated rings. The number of ether oxygens (including phenoxy) is 1. The number of benzene rings is 1. The average molecular weight is 449 g/mol. The van der Waals surface area contributed by atoms with Crippen molar-refractivity contribution in [3.8, 4) is 0 Å². The summed E-state index contributed by atoms with van der Waals surface area (Å²) in [6.07, 6.45) is 6.68. The van der Waals surface area contributed by atoms with E-state index < -0.39 is 5.97 Å². The lowest BCUT2D eigenvalue weighted by Gasteiger charge is -2.12. The molecule has 0 radical (unpaired) electrons. The van der Waals surface area contributed by atoms with Crippen LogP contribution in [0, 0.1) is 0 Å². The molecule has 7 nitrogen and oxygen atoms in total. The first-order chi connectivity index (χ1) is 16.7. The molecule has 4 heterocycles. The van der Waals surface area contributed by atoms with Gasteiger partial charge in [-0.05, 0) is 60.4 Å². The molecule has 34 heavy (non-hydrogen) atoms. The number of allylic oxidation sites excluding steroid dienone is 1. The second-order valence-electron chi connectivity index (χ2n) is 8.11. The fourth-order valence-corrected chi connectivity index (χ4v) is 4.45. The van der Waals surface area contributed by atoms with Gasteiger partial charge in [-0.3, -0.25) is 9.20 Å². The standard InChI is InChI=1S/C27H19N3O4/c31-24-15-18(28-23-9-3-4-12-30(23)24)16-34-27(32)25-20-7-1-2-8-22(20)29-26-17(10-11-21(25)26)14-19-6-5-13-33-19/h1-9,12-15H,10-11,16H2/b17-14+. The summed E-state index contributed by atoms with van der Waals surface area (Å²) in [5.74, 6) is 0.291. The van der Waals surface area contributed by atoms with Crippen molar-refractivity contribution in [1.29, 1.82) is 0 Å². The Morgan fingerprint density at radius 3 is 2.82 bits per heavy atom. The van der Waals surface area contributed by atoms with Gasteiger partial charge < -0.3 is 9.15 Å². The quantitative estimate of drug-likeness (QED) is 0.370. The van der Waals surface area contributed by atoms with E-state index in [9.17, 15) is 9.59 Å². The van der Waals surface area contributed by atoms with Gasteiger partial charge in [0, 0.05) is 17.6 Å².